The Hall–Kier alpha value is -1.35. The first-order chi connectivity index (χ1) is 8.31. The van der Waals surface area contributed by atoms with Gasteiger partial charge in [-0.1, -0.05) is 34.1 Å². The molecule has 0 atom stereocenters. The van der Waals surface area contributed by atoms with E-state index in [-0.39, 0.29) is 0 Å². The molecule has 0 aliphatic carbocycles. The number of anilines is 1. The number of aromatic nitrogens is 1. The van der Waals surface area contributed by atoms with Crippen LogP contribution in [0.1, 0.15) is 11.1 Å². The van der Waals surface area contributed by atoms with Gasteiger partial charge in [-0.25, -0.2) is 0 Å². The summed E-state index contributed by atoms with van der Waals surface area (Å²) in [4.78, 5) is 6.29. The van der Waals surface area contributed by atoms with Crippen LogP contribution in [0.4, 0.5) is 5.69 Å². The topological polar surface area (TPSA) is 16.1 Å². The molecule has 0 fully saturated rings. The van der Waals surface area contributed by atoms with Gasteiger partial charge >= 0.3 is 0 Å². The summed E-state index contributed by atoms with van der Waals surface area (Å²) in [5.41, 5.74) is 3.84. The summed E-state index contributed by atoms with van der Waals surface area (Å²) in [5, 5.41) is 0.879. The number of nitrogens with zero attached hydrogens (tertiary/aromatic N) is 2. The predicted octanol–water partition coefficient (Wildman–Crippen LogP) is 3.61. The molecular formula is C14H15BrN2. The number of alkyl halides is 1. The van der Waals surface area contributed by atoms with Crippen LogP contribution >= 0.6 is 15.9 Å². The van der Waals surface area contributed by atoms with E-state index in [1.165, 1.54) is 16.8 Å². The van der Waals surface area contributed by atoms with Gasteiger partial charge in [0.15, 0.2) is 0 Å². The van der Waals surface area contributed by atoms with Crippen molar-refractivity contribution < 1.29 is 0 Å². The minimum absolute atomic E-state index is 0.879. The summed E-state index contributed by atoms with van der Waals surface area (Å²) in [7, 11) is 2.11. The number of hydrogen-bond acceptors (Lipinski definition) is 2. The minimum Gasteiger partial charge on any atom is -0.370 e. The molecule has 2 nitrogen and oxygen atoms in total. The Kier molecular flexibility index (Phi) is 4.15. The van der Waals surface area contributed by atoms with Crippen molar-refractivity contribution >= 4 is 21.6 Å². The molecule has 0 saturated heterocycles. The number of halogens is 1. The Morgan fingerprint density at radius 2 is 1.82 bits per heavy atom. The number of hydrogen-bond donors (Lipinski definition) is 0. The van der Waals surface area contributed by atoms with Gasteiger partial charge < -0.3 is 4.90 Å². The Bertz CT molecular complexity index is 471. The van der Waals surface area contributed by atoms with E-state index in [0.29, 0.717) is 0 Å². The van der Waals surface area contributed by atoms with Crippen molar-refractivity contribution in [3.63, 3.8) is 0 Å². The second kappa shape index (κ2) is 5.82. The van der Waals surface area contributed by atoms with Gasteiger partial charge in [-0.2, -0.15) is 0 Å². The fraction of sp³-hybridized carbons (Fsp3) is 0.214. The van der Waals surface area contributed by atoms with Gasteiger partial charge in [0.25, 0.3) is 0 Å². The molecule has 3 heteroatoms. The van der Waals surface area contributed by atoms with Crippen LogP contribution in [0.15, 0.2) is 48.8 Å². The molecule has 17 heavy (non-hydrogen) atoms. The molecule has 0 amide bonds. The van der Waals surface area contributed by atoms with E-state index in [1.807, 2.05) is 24.5 Å². The van der Waals surface area contributed by atoms with Gasteiger partial charge in [0, 0.05) is 37.0 Å². The van der Waals surface area contributed by atoms with Crippen molar-refractivity contribution in [3.8, 4) is 0 Å². The standard InChI is InChI=1S/C14H15BrN2/c1-17(11-12-6-8-16-9-7-12)14-5-3-2-4-13(14)10-15/h2-9H,10-11H2,1H3. The van der Waals surface area contributed by atoms with Crippen molar-refractivity contribution in [2.24, 2.45) is 0 Å². The van der Waals surface area contributed by atoms with E-state index in [0.717, 1.165) is 11.9 Å². The minimum atomic E-state index is 0.879. The summed E-state index contributed by atoms with van der Waals surface area (Å²) < 4.78 is 0. The third kappa shape index (κ3) is 3.07. The van der Waals surface area contributed by atoms with Crippen molar-refractivity contribution in [2.45, 2.75) is 11.9 Å². The van der Waals surface area contributed by atoms with Crippen molar-refractivity contribution in [1.82, 2.24) is 4.98 Å². The molecule has 0 saturated carbocycles. The summed E-state index contributed by atoms with van der Waals surface area (Å²) in [6.07, 6.45) is 3.67. The van der Waals surface area contributed by atoms with E-state index in [1.54, 1.807) is 0 Å². The SMILES string of the molecule is CN(Cc1ccncc1)c1ccccc1CBr. The maximum absolute atomic E-state index is 4.03. The van der Waals surface area contributed by atoms with E-state index in [9.17, 15) is 0 Å². The van der Waals surface area contributed by atoms with Crippen LogP contribution in [0.3, 0.4) is 0 Å². The number of benzene rings is 1. The zero-order chi connectivity index (χ0) is 12.1. The van der Waals surface area contributed by atoms with E-state index in [4.69, 9.17) is 0 Å². The highest BCUT2D eigenvalue weighted by atomic mass is 79.9. The second-order valence-corrected chi connectivity index (χ2v) is 4.53. The third-order valence-electron chi connectivity index (χ3n) is 2.72. The van der Waals surface area contributed by atoms with Gasteiger partial charge in [0.2, 0.25) is 0 Å². The molecule has 0 spiro atoms. The van der Waals surface area contributed by atoms with Crippen LogP contribution in [0, 0.1) is 0 Å². The average molecular weight is 291 g/mol. The lowest BCUT2D eigenvalue weighted by Crippen LogP contribution is -2.17. The molecule has 0 unspecified atom stereocenters. The van der Waals surface area contributed by atoms with Crippen LogP contribution in [-0.4, -0.2) is 12.0 Å². The molecule has 2 aromatic rings. The van der Waals surface area contributed by atoms with Gasteiger partial charge in [-0.05, 0) is 29.3 Å². The van der Waals surface area contributed by atoms with E-state index >= 15 is 0 Å². The van der Waals surface area contributed by atoms with Crippen LogP contribution in [-0.2, 0) is 11.9 Å². The maximum atomic E-state index is 4.03. The molecule has 0 bridgehead atoms. The summed E-state index contributed by atoms with van der Waals surface area (Å²) in [6, 6.07) is 12.5. The number of rotatable bonds is 4. The van der Waals surface area contributed by atoms with Gasteiger partial charge in [0.1, 0.15) is 0 Å². The zero-order valence-corrected chi connectivity index (χ0v) is 11.4. The van der Waals surface area contributed by atoms with Crippen LogP contribution in [0.5, 0.6) is 0 Å². The quantitative estimate of drug-likeness (QED) is 0.800. The van der Waals surface area contributed by atoms with Crippen molar-refractivity contribution in [3.05, 3.63) is 59.9 Å². The predicted molar refractivity (Wildman–Crippen MR) is 75.4 cm³/mol. The summed E-state index contributed by atoms with van der Waals surface area (Å²) >= 11 is 3.53. The van der Waals surface area contributed by atoms with Crippen molar-refractivity contribution in [1.29, 1.82) is 0 Å². The normalized spacial score (nSPS) is 10.2. The first-order valence-corrected chi connectivity index (χ1v) is 6.67. The van der Waals surface area contributed by atoms with Crippen LogP contribution in [0.2, 0.25) is 0 Å². The van der Waals surface area contributed by atoms with Gasteiger partial charge in [-0.15, -0.1) is 0 Å². The molecule has 0 aliphatic rings. The molecule has 88 valence electrons. The summed E-state index contributed by atoms with van der Waals surface area (Å²) in [5.74, 6) is 0. The van der Waals surface area contributed by atoms with Gasteiger partial charge in [-0.3, -0.25) is 4.98 Å². The molecule has 0 radical (unpaired) electrons. The van der Waals surface area contributed by atoms with Crippen LogP contribution < -0.4 is 4.90 Å². The highest BCUT2D eigenvalue weighted by molar-refractivity contribution is 9.08. The Morgan fingerprint density at radius 1 is 1.12 bits per heavy atom. The van der Waals surface area contributed by atoms with E-state index < -0.39 is 0 Å². The highest BCUT2D eigenvalue weighted by Gasteiger charge is 2.06. The lowest BCUT2D eigenvalue weighted by atomic mass is 10.1. The lowest BCUT2D eigenvalue weighted by molar-refractivity contribution is 0.913. The monoisotopic (exact) mass is 290 g/mol. The highest BCUT2D eigenvalue weighted by Crippen LogP contribution is 2.22. The lowest BCUT2D eigenvalue weighted by Gasteiger charge is -2.21. The fourth-order valence-electron chi connectivity index (χ4n) is 1.84. The number of para-hydroxylation sites is 1. The smallest absolute Gasteiger partial charge is 0.0427 e. The largest absolute Gasteiger partial charge is 0.370 e. The summed E-state index contributed by atoms with van der Waals surface area (Å²) in [6.45, 7) is 0.895. The van der Waals surface area contributed by atoms with Crippen LogP contribution in [0.25, 0.3) is 0 Å². The molecule has 0 N–H and O–H groups in total. The maximum Gasteiger partial charge on any atom is 0.0427 e. The van der Waals surface area contributed by atoms with Gasteiger partial charge in [0.05, 0.1) is 0 Å². The second-order valence-electron chi connectivity index (χ2n) is 3.97. The molecular weight excluding hydrogens is 276 g/mol. The average Bonchev–Trinajstić information content (AvgIpc) is 2.40. The molecule has 1 aromatic heterocycles. The van der Waals surface area contributed by atoms with Crippen molar-refractivity contribution in [2.75, 3.05) is 11.9 Å². The number of pyridine rings is 1. The third-order valence-corrected chi connectivity index (χ3v) is 3.32. The molecule has 2 rings (SSSR count). The molecule has 0 aliphatic heterocycles. The first-order valence-electron chi connectivity index (χ1n) is 5.55. The van der Waals surface area contributed by atoms with E-state index in [2.05, 4.69) is 57.1 Å². The Morgan fingerprint density at radius 3 is 2.53 bits per heavy atom. The first kappa shape index (κ1) is 12.1. The Labute approximate surface area is 110 Å². The molecule has 1 heterocycles. The Balaban J connectivity index is 2.17. The zero-order valence-electron chi connectivity index (χ0n) is 9.81. The fourth-order valence-corrected chi connectivity index (χ4v) is 2.32. The molecule has 1 aromatic carbocycles.